The summed E-state index contributed by atoms with van der Waals surface area (Å²) >= 11 is 3.16. The first-order chi connectivity index (χ1) is 10.1. The van der Waals surface area contributed by atoms with E-state index in [2.05, 4.69) is 21.2 Å². The molecular formula is C15H16BrNO4. The Labute approximate surface area is 131 Å². The van der Waals surface area contributed by atoms with Gasteiger partial charge in [-0.05, 0) is 46.1 Å². The van der Waals surface area contributed by atoms with E-state index in [0.717, 1.165) is 17.1 Å². The molecule has 0 saturated heterocycles. The minimum absolute atomic E-state index is 0.242. The SMILES string of the molecule is COc1ccc(CCNC(=O)c2ccc(Br)o2)c(OC)c1. The summed E-state index contributed by atoms with van der Waals surface area (Å²) in [5.41, 5.74) is 0.999. The van der Waals surface area contributed by atoms with Crippen LogP contribution in [0, 0.1) is 0 Å². The molecule has 0 aliphatic carbocycles. The topological polar surface area (TPSA) is 60.7 Å². The summed E-state index contributed by atoms with van der Waals surface area (Å²) in [5, 5.41) is 2.80. The number of ether oxygens (including phenoxy) is 2. The molecule has 1 N–H and O–H groups in total. The van der Waals surface area contributed by atoms with Crippen molar-refractivity contribution in [2.75, 3.05) is 20.8 Å². The number of methoxy groups -OCH3 is 2. The molecule has 1 aromatic carbocycles. The summed E-state index contributed by atoms with van der Waals surface area (Å²) in [6.07, 6.45) is 0.654. The van der Waals surface area contributed by atoms with E-state index >= 15 is 0 Å². The lowest BCUT2D eigenvalue weighted by molar-refractivity contribution is 0.0925. The second kappa shape index (κ2) is 7.17. The Morgan fingerprint density at radius 1 is 1.24 bits per heavy atom. The Kier molecular flexibility index (Phi) is 5.27. The summed E-state index contributed by atoms with van der Waals surface area (Å²) in [6, 6.07) is 8.91. The molecule has 112 valence electrons. The van der Waals surface area contributed by atoms with Crippen molar-refractivity contribution in [3.05, 3.63) is 46.3 Å². The fourth-order valence-corrected chi connectivity index (χ4v) is 2.20. The number of furan rings is 1. The predicted molar refractivity (Wildman–Crippen MR) is 82.0 cm³/mol. The van der Waals surface area contributed by atoms with Crippen LogP contribution < -0.4 is 14.8 Å². The van der Waals surface area contributed by atoms with Crippen LogP contribution in [0.15, 0.2) is 39.4 Å². The van der Waals surface area contributed by atoms with Crippen LogP contribution in [0.5, 0.6) is 11.5 Å². The molecule has 0 saturated carbocycles. The van der Waals surface area contributed by atoms with Crippen LogP contribution in [0.3, 0.4) is 0 Å². The van der Waals surface area contributed by atoms with Crippen molar-refractivity contribution in [1.29, 1.82) is 0 Å². The summed E-state index contributed by atoms with van der Waals surface area (Å²) in [7, 11) is 3.22. The molecule has 0 bridgehead atoms. The third kappa shape index (κ3) is 4.01. The zero-order chi connectivity index (χ0) is 15.2. The lowest BCUT2D eigenvalue weighted by Crippen LogP contribution is -2.25. The van der Waals surface area contributed by atoms with Crippen LogP contribution in [0.25, 0.3) is 0 Å². The summed E-state index contributed by atoms with van der Waals surface area (Å²) in [4.78, 5) is 11.8. The average Bonchev–Trinajstić information content (AvgIpc) is 2.94. The largest absolute Gasteiger partial charge is 0.497 e. The van der Waals surface area contributed by atoms with E-state index in [4.69, 9.17) is 13.9 Å². The Balaban J connectivity index is 1.92. The van der Waals surface area contributed by atoms with Crippen LogP contribution in [0.1, 0.15) is 16.1 Å². The number of hydrogen-bond donors (Lipinski definition) is 1. The van der Waals surface area contributed by atoms with Gasteiger partial charge in [-0.2, -0.15) is 0 Å². The van der Waals surface area contributed by atoms with Crippen molar-refractivity contribution in [3.8, 4) is 11.5 Å². The van der Waals surface area contributed by atoms with Crippen molar-refractivity contribution < 1.29 is 18.7 Å². The number of carbonyl (C=O) groups excluding carboxylic acids is 1. The van der Waals surface area contributed by atoms with E-state index in [-0.39, 0.29) is 11.7 Å². The number of amides is 1. The van der Waals surface area contributed by atoms with Crippen molar-refractivity contribution in [2.45, 2.75) is 6.42 Å². The molecule has 2 rings (SSSR count). The highest BCUT2D eigenvalue weighted by Crippen LogP contribution is 2.24. The van der Waals surface area contributed by atoms with Crippen LogP contribution in [0.2, 0.25) is 0 Å². The molecule has 6 heteroatoms. The number of hydrogen-bond acceptors (Lipinski definition) is 4. The molecule has 0 atom stereocenters. The third-order valence-corrected chi connectivity index (χ3v) is 3.40. The van der Waals surface area contributed by atoms with Gasteiger partial charge in [-0.1, -0.05) is 6.07 Å². The lowest BCUT2D eigenvalue weighted by atomic mass is 10.1. The van der Waals surface area contributed by atoms with Gasteiger partial charge in [0, 0.05) is 12.6 Å². The van der Waals surface area contributed by atoms with E-state index in [9.17, 15) is 4.79 Å². The highest BCUT2D eigenvalue weighted by atomic mass is 79.9. The maximum Gasteiger partial charge on any atom is 0.287 e. The number of benzene rings is 1. The molecule has 1 heterocycles. The zero-order valence-electron chi connectivity index (χ0n) is 11.8. The van der Waals surface area contributed by atoms with Crippen LogP contribution >= 0.6 is 15.9 Å². The fourth-order valence-electron chi connectivity index (χ4n) is 1.89. The molecule has 0 spiro atoms. The van der Waals surface area contributed by atoms with Gasteiger partial charge in [0.1, 0.15) is 11.5 Å². The van der Waals surface area contributed by atoms with Crippen LogP contribution in [-0.2, 0) is 6.42 Å². The second-order valence-corrected chi connectivity index (χ2v) is 5.07. The van der Waals surface area contributed by atoms with Crippen molar-refractivity contribution in [3.63, 3.8) is 0 Å². The minimum Gasteiger partial charge on any atom is -0.497 e. The van der Waals surface area contributed by atoms with Gasteiger partial charge in [-0.3, -0.25) is 4.79 Å². The quantitative estimate of drug-likeness (QED) is 0.866. The number of rotatable bonds is 6. The van der Waals surface area contributed by atoms with E-state index in [1.54, 1.807) is 26.4 Å². The second-order valence-electron chi connectivity index (χ2n) is 4.29. The van der Waals surface area contributed by atoms with Crippen molar-refractivity contribution >= 4 is 21.8 Å². The van der Waals surface area contributed by atoms with E-state index in [0.29, 0.717) is 17.6 Å². The average molecular weight is 354 g/mol. The highest BCUT2D eigenvalue weighted by Gasteiger charge is 2.10. The van der Waals surface area contributed by atoms with Crippen molar-refractivity contribution in [1.82, 2.24) is 5.32 Å². The van der Waals surface area contributed by atoms with Gasteiger partial charge in [0.2, 0.25) is 0 Å². The lowest BCUT2D eigenvalue weighted by Gasteiger charge is -2.10. The van der Waals surface area contributed by atoms with Gasteiger partial charge < -0.3 is 19.2 Å². The molecule has 0 aliphatic rings. The normalized spacial score (nSPS) is 10.2. The minimum atomic E-state index is -0.242. The van der Waals surface area contributed by atoms with Crippen LogP contribution in [-0.4, -0.2) is 26.7 Å². The maximum absolute atomic E-state index is 11.8. The molecule has 0 unspecified atom stereocenters. The van der Waals surface area contributed by atoms with E-state index in [1.807, 2.05) is 18.2 Å². The van der Waals surface area contributed by atoms with Gasteiger partial charge in [0.15, 0.2) is 10.4 Å². The van der Waals surface area contributed by atoms with Gasteiger partial charge in [-0.25, -0.2) is 0 Å². The zero-order valence-corrected chi connectivity index (χ0v) is 13.4. The molecule has 21 heavy (non-hydrogen) atoms. The molecule has 0 fully saturated rings. The smallest absolute Gasteiger partial charge is 0.287 e. The molecule has 2 aromatic rings. The first-order valence-corrected chi connectivity index (χ1v) is 7.17. The van der Waals surface area contributed by atoms with E-state index < -0.39 is 0 Å². The fraction of sp³-hybridized carbons (Fsp3) is 0.267. The molecule has 0 aliphatic heterocycles. The molecule has 0 radical (unpaired) electrons. The molecular weight excluding hydrogens is 338 g/mol. The Bertz CT molecular complexity index is 624. The predicted octanol–water partition coefficient (Wildman–Crippen LogP) is 3.03. The summed E-state index contributed by atoms with van der Waals surface area (Å²) in [5.74, 6) is 1.51. The first-order valence-electron chi connectivity index (χ1n) is 6.38. The summed E-state index contributed by atoms with van der Waals surface area (Å²) < 4.78 is 16.2. The summed E-state index contributed by atoms with van der Waals surface area (Å²) in [6.45, 7) is 0.486. The number of carbonyl (C=O) groups is 1. The third-order valence-electron chi connectivity index (χ3n) is 2.97. The molecule has 1 amide bonds. The molecule has 5 nitrogen and oxygen atoms in total. The Morgan fingerprint density at radius 3 is 2.67 bits per heavy atom. The highest BCUT2D eigenvalue weighted by molar-refractivity contribution is 9.10. The van der Waals surface area contributed by atoms with Gasteiger partial charge in [-0.15, -0.1) is 0 Å². The van der Waals surface area contributed by atoms with Gasteiger partial charge in [0.25, 0.3) is 5.91 Å². The Morgan fingerprint density at radius 2 is 2.05 bits per heavy atom. The van der Waals surface area contributed by atoms with E-state index in [1.165, 1.54) is 0 Å². The first kappa shape index (κ1) is 15.4. The van der Waals surface area contributed by atoms with Crippen LogP contribution in [0.4, 0.5) is 0 Å². The Hall–Kier alpha value is -1.95. The van der Waals surface area contributed by atoms with Crippen molar-refractivity contribution in [2.24, 2.45) is 0 Å². The monoisotopic (exact) mass is 353 g/mol. The molecule has 1 aromatic heterocycles. The van der Waals surface area contributed by atoms with Gasteiger partial charge in [0.05, 0.1) is 14.2 Å². The maximum atomic E-state index is 11.8. The number of halogens is 1. The van der Waals surface area contributed by atoms with Gasteiger partial charge >= 0.3 is 0 Å². The number of nitrogens with one attached hydrogen (secondary N) is 1. The standard InChI is InChI=1S/C15H16BrNO4/c1-19-11-4-3-10(13(9-11)20-2)7-8-17-15(18)12-5-6-14(16)21-12/h3-6,9H,7-8H2,1-2H3,(H,17,18).